The number of hydrogen-bond acceptors (Lipinski definition) is 4. The van der Waals surface area contributed by atoms with Crippen LogP contribution in [0.2, 0.25) is 0 Å². The van der Waals surface area contributed by atoms with Gasteiger partial charge < -0.3 is 15.8 Å². The smallest absolute Gasteiger partial charge is 0.255 e. The molecule has 2 aromatic rings. The van der Waals surface area contributed by atoms with E-state index in [4.69, 9.17) is 10.5 Å². The van der Waals surface area contributed by atoms with Crippen LogP contribution in [0.3, 0.4) is 0 Å². The molecule has 1 aromatic carbocycles. The largest absolute Gasteiger partial charge is 0.484 e. The summed E-state index contributed by atoms with van der Waals surface area (Å²) >= 11 is 0. The average Bonchev–Trinajstić information content (AvgIpc) is 3.04. The Morgan fingerprint density at radius 1 is 1.41 bits per heavy atom. The highest BCUT2D eigenvalue weighted by Crippen LogP contribution is 2.14. The van der Waals surface area contributed by atoms with E-state index in [1.165, 1.54) is 0 Å². The molecule has 2 rings (SSSR count). The van der Waals surface area contributed by atoms with Crippen LogP contribution in [0.15, 0.2) is 42.7 Å². The minimum Gasteiger partial charge on any atom is -0.484 e. The van der Waals surface area contributed by atoms with Gasteiger partial charge in [-0.1, -0.05) is 12.1 Å². The molecule has 118 valence electrons. The van der Waals surface area contributed by atoms with Crippen molar-refractivity contribution in [2.45, 2.75) is 32.5 Å². The Morgan fingerprint density at radius 3 is 2.91 bits per heavy atom. The number of nitrogens with two attached hydrogens (primary N) is 1. The summed E-state index contributed by atoms with van der Waals surface area (Å²) in [5.74, 6) is 0.163. The van der Waals surface area contributed by atoms with Gasteiger partial charge in [0, 0.05) is 25.0 Å². The molecule has 0 saturated heterocycles. The van der Waals surface area contributed by atoms with E-state index in [0.29, 0.717) is 12.3 Å². The summed E-state index contributed by atoms with van der Waals surface area (Å²) in [6, 6.07) is 10.1. The third kappa shape index (κ3) is 4.60. The summed E-state index contributed by atoms with van der Waals surface area (Å²) in [6.45, 7) is 4.85. The number of carbonyl (C=O) groups is 1. The summed E-state index contributed by atoms with van der Waals surface area (Å²) in [7, 11) is 0. The molecule has 0 radical (unpaired) electrons. The van der Waals surface area contributed by atoms with Gasteiger partial charge in [-0.2, -0.15) is 5.10 Å². The number of aromatic nitrogens is 2. The van der Waals surface area contributed by atoms with Crippen molar-refractivity contribution in [3.8, 4) is 5.75 Å². The van der Waals surface area contributed by atoms with Crippen molar-refractivity contribution in [1.29, 1.82) is 0 Å². The van der Waals surface area contributed by atoms with Crippen LogP contribution in [0.25, 0.3) is 0 Å². The standard InChI is InChI=1S/C16H22N4O2/c1-12(13(2)20-8-4-7-19-20)18-10-14-5-3-6-15(9-14)22-11-16(17)21/h3-9,12-13,18H,10-11H2,1-2H3,(H2,17,21)/t12-,13-/m0/s1. The van der Waals surface area contributed by atoms with Gasteiger partial charge in [0.25, 0.3) is 5.91 Å². The van der Waals surface area contributed by atoms with E-state index in [9.17, 15) is 4.79 Å². The molecule has 0 spiro atoms. The minimum absolute atomic E-state index is 0.108. The number of primary amides is 1. The molecule has 1 heterocycles. The predicted octanol–water partition coefficient (Wildman–Crippen LogP) is 1.49. The maximum absolute atomic E-state index is 10.7. The number of hydrogen-bond donors (Lipinski definition) is 2. The van der Waals surface area contributed by atoms with Crippen molar-refractivity contribution in [1.82, 2.24) is 15.1 Å². The maximum Gasteiger partial charge on any atom is 0.255 e. The van der Waals surface area contributed by atoms with E-state index in [1.807, 2.05) is 41.2 Å². The molecule has 1 amide bonds. The quantitative estimate of drug-likeness (QED) is 0.774. The summed E-state index contributed by atoms with van der Waals surface area (Å²) in [5, 5.41) is 7.73. The van der Waals surface area contributed by atoms with Gasteiger partial charge in [-0.15, -0.1) is 0 Å². The van der Waals surface area contributed by atoms with Gasteiger partial charge in [-0.25, -0.2) is 0 Å². The number of benzene rings is 1. The molecule has 0 fully saturated rings. The molecular formula is C16H22N4O2. The van der Waals surface area contributed by atoms with E-state index in [0.717, 1.165) is 5.56 Å². The Morgan fingerprint density at radius 2 is 2.23 bits per heavy atom. The molecule has 0 aliphatic heterocycles. The third-order valence-corrected chi connectivity index (χ3v) is 3.57. The molecule has 1 aromatic heterocycles. The fraction of sp³-hybridized carbons (Fsp3) is 0.375. The fourth-order valence-electron chi connectivity index (χ4n) is 2.10. The topological polar surface area (TPSA) is 82.2 Å². The molecule has 0 unspecified atom stereocenters. The number of nitrogens with one attached hydrogen (secondary N) is 1. The van der Waals surface area contributed by atoms with Crippen molar-refractivity contribution in [3.63, 3.8) is 0 Å². The molecule has 3 N–H and O–H groups in total. The Labute approximate surface area is 130 Å². The summed E-state index contributed by atoms with van der Waals surface area (Å²) in [5.41, 5.74) is 6.16. The number of amides is 1. The lowest BCUT2D eigenvalue weighted by Gasteiger charge is -2.22. The maximum atomic E-state index is 10.7. The van der Waals surface area contributed by atoms with E-state index >= 15 is 0 Å². The second kappa shape index (κ2) is 7.61. The molecule has 6 nitrogen and oxygen atoms in total. The van der Waals surface area contributed by atoms with Crippen molar-refractivity contribution in [2.75, 3.05) is 6.61 Å². The van der Waals surface area contributed by atoms with Crippen LogP contribution in [0, 0.1) is 0 Å². The Hall–Kier alpha value is -2.34. The van der Waals surface area contributed by atoms with E-state index in [-0.39, 0.29) is 18.7 Å². The number of ether oxygens (including phenoxy) is 1. The first-order chi connectivity index (χ1) is 10.6. The van der Waals surface area contributed by atoms with Gasteiger partial charge in [-0.05, 0) is 37.6 Å². The molecule has 6 heteroatoms. The van der Waals surface area contributed by atoms with E-state index in [1.54, 1.807) is 6.20 Å². The van der Waals surface area contributed by atoms with Gasteiger partial charge in [0.15, 0.2) is 6.61 Å². The second-order valence-electron chi connectivity index (χ2n) is 5.30. The van der Waals surface area contributed by atoms with E-state index < -0.39 is 5.91 Å². The van der Waals surface area contributed by atoms with Crippen LogP contribution in [0.1, 0.15) is 25.5 Å². The van der Waals surface area contributed by atoms with Crippen LogP contribution in [-0.2, 0) is 11.3 Å². The van der Waals surface area contributed by atoms with Crippen molar-refractivity contribution in [2.24, 2.45) is 5.73 Å². The molecule has 2 atom stereocenters. The molecule has 0 aliphatic carbocycles. The minimum atomic E-state index is -0.481. The summed E-state index contributed by atoms with van der Waals surface area (Å²) in [4.78, 5) is 10.7. The molecule has 0 aliphatic rings. The van der Waals surface area contributed by atoms with Crippen LogP contribution in [0.4, 0.5) is 0 Å². The van der Waals surface area contributed by atoms with Gasteiger partial charge in [-0.3, -0.25) is 9.48 Å². The van der Waals surface area contributed by atoms with Crippen molar-refractivity contribution in [3.05, 3.63) is 48.3 Å². The first-order valence-corrected chi connectivity index (χ1v) is 7.29. The molecular weight excluding hydrogens is 280 g/mol. The first kappa shape index (κ1) is 16.0. The number of rotatable bonds is 8. The highest BCUT2D eigenvalue weighted by atomic mass is 16.5. The lowest BCUT2D eigenvalue weighted by molar-refractivity contribution is -0.119. The Balaban J connectivity index is 1.88. The number of nitrogens with zero attached hydrogens (tertiary/aromatic N) is 2. The zero-order chi connectivity index (χ0) is 15.9. The molecule has 0 bridgehead atoms. The van der Waals surface area contributed by atoms with Gasteiger partial charge in [0.1, 0.15) is 5.75 Å². The normalized spacial score (nSPS) is 13.5. The lowest BCUT2D eigenvalue weighted by Crippen LogP contribution is -2.33. The van der Waals surface area contributed by atoms with Crippen molar-refractivity contribution >= 4 is 5.91 Å². The first-order valence-electron chi connectivity index (χ1n) is 7.29. The second-order valence-corrected chi connectivity index (χ2v) is 5.30. The fourth-order valence-corrected chi connectivity index (χ4v) is 2.10. The van der Waals surface area contributed by atoms with E-state index in [2.05, 4.69) is 24.3 Å². The van der Waals surface area contributed by atoms with Crippen molar-refractivity contribution < 1.29 is 9.53 Å². The highest BCUT2D eigenvalue weighted by molar-refractivity contribution is 5.75. The van der Waals surface area contributed by atoms with Crippen LogP contribution in [0.5, 0.6) is 5.75 Å². The summed E-state index contributed by atoms with van der Waals surface area (Å²) in [6.07, 6.45) is 3.74. The highest BCUT2D eigenvalue weighted by Gasteiger charge is 2.13. The number of carbonyl (C=O) groups excluding carboxylic acids is 1. The molecule has 22 heavy (non-hydrogen) atoms. The summed E-state index contributed by atoms with van der Waals surface area (Å²) < 4.78 is 7.24. The Kier molecular flexibility index (Phi) is 5.55. The van der Waals surface area contributed by atoms with Crippen LogP contribution >= 0.6 is 0 Å². The molecule has 0 saturated carbocycles. The van der Waals surface area contributed by atoms with Crippen LogP contribution < -0.4 is 15.8 Å². The van der Waals surface area contributed by atoms with Gasteiger partial charge >= 0.3 is 0 Å². The zero-order valence-electron chi connectivity index (χ0n) is 12.9. The predicted molar refractivity (Wildman–Crippen MR) is 84.4 cm³/mol. The lowest BCUT2D eigenvalue weighted by atomic mass is 10.1. The monoisotopic (exact) mass is 302 g/mol. The zero-order valence-corrected chi connectivity index (χ0v) is 12.9. The van der Waals surface area contributed by atoms with Gasteiger partial charge in [0.2, 0.25) is 0 Å². The van der Waals surface area contributed by atoms with Crippen LogP contribution in [-0.4, -0.2) is 28.3 Å². The van der Waals surface area contributed by atoms with Gasteiger partial charge in [0.05, 0.1) is 6.04 Å². The SMILES string of the molecule is C[C@H](NCc1cccc(OCC(N)=O)c1)[C@H](C)n1cccn1. The Bertz CT molecular complexity index is 598. The third-order valence-electron chi connectivity index (χ3n) is 3.57. The average molecular weight is 302 g/mol.